The molecule has 2 atom stereocenters. The maximum Gasteiger partial charge on any atom is 0.265 e. The molecule has 1 aliphatic rings. The summed E-state index contributed by atoms with van der Waals surface area (Å²) < 4.78 is 10.9. The molecule has 0 aromatic heterocycles. The summed E-state index contributed by atoms with van der Waals surface area (Å²) in [6, 6.07) is 7.36. The van der Waals surface area contributed by atoms with Crippen LogP contribution in [0.1, 0.15) is 19.4 Å². The monoisotopic (exact) mass is 342 g/mol. The highest BCUT2D eigenvalue weighted by Crippen LogP contribution is 2.31. The number of alkyl halides is 1. The summed E-state index contributed by atoms with van der Waals surface area (Å²) in [4.78, 5) is 12.7. The second-order valence-corrected chi connectivity index (χ2v) is 7.76. The Kier molecular flexibility index (Phi) is 3.92. The lowest BCUT2D eigenvalue weighted by Gasteiger charge is -2.16. The van der Waals surface area contributed by atoms with Gasteiger partial charge in [0.15, 0.2) is 0 Å². The standard InChI is InChI=1S/C13H15BrN2O2S/c1-4-19(18)10-7-5-9(6-8-10)11-13(2,14)12(17)16(3)15-11/h5-8H,4H2,1-3H3. The van der Waals surface area contributed by atoms with E-state index in [2.05, 4.69) is 21.0 Å². The third-order valence-corrected chi connectivity index (χ3v) is 5.08. The van der Waals surface area contributed by atoms with Crippen LogP contribution in [0, 0.1) is 0 Å². The molecule has 0 fully saturated rings. The molecule has 0 saturated carbocycles. The van der Waals surface area contributed by atoms with Crippen molar-refractivity contribution in [3.8, 4) is 0 Å². The first-order chi connectivity index (χ1) is 8.87. The number of carbonyl (C=O) groups excluding carboxylic acids is 1. The summed E-state index contributed by atoms with van der Waals surface area (Å²) in [6.07, 6.45) is 0. The number of amides is 1. The maximum absolute atomic E-state index is 11.9. The molecule has 4 nitrogen and oxygen atoms in total. The van der Waals surface area contributed by atoms with Gasteiger partial charge in [0.05, 0.1) is 16.5 Å². The molecule has 1 amide bonds. The van der Waals surface area contributed by atoms with Gasteiger partial charge in [-0.3, -0.25) is 9.00 Å². The molecular weight excluding hydrogens is 328 g/mol. The van der Waals surface area contributed by atoms with Gasteiger partial charge in [-0.15, -0.1) is 0 Å². The first kappa shape index (κ1) is 14.4. The Bertz CT molecular complexity index is 567. The van der Waals surface area contributed by atoms with Crippen LogP contribution in [-0.2, 0) is 15.6 Å². The predicted molar refractivity (Wildman–Crippen MR) is 80.0 cm³/mol. The van der Waals surface area contributed by atoms with Crippen LogP contribution >= 0.6 is 15.9 Å². The van der Waals surface area contributed by atoms with E-state index in [4.69, 9.17) is 0 Å². The van der Waals surface area contributed by atoms with Crippen LogP contribution in [0.15, 0.2) is 34.3 Å². The molecule has 0 bridgehead atoms. The lowest BCUT2D eigenvalue weighted by atomic mass is 9.99. The van der Waals surface area contributed by atoms with Crippen molar-refractivity contribution in [2.75, 3.05) is 12.8 Å². The highest BCUT2D eigenvalue weighted by molar-refractivity contribution is 9.10. The van der Waals surface area contributed by atoms with Crippen LogP contribution in [-0.4, -0.2) is 38.0 Å². The van der Waals surface area contributed by atoms with Crippen molar-refractivity contribution in [1.29, 1.82) is 0 Å². The van der Waals surface area contributed by atoms with Crippen LogP contribution in [0.25, 0.3) is 0 Å². The van der Waals surface area contributed by atoms with E-state index in [9.17, 15) is 9.00 Å². The average Bonchev–Trinajstić information content (AvgIpc) is 2.61. The molecule has 1 heterocycles. The molecule has 2 unspecified atom stereocenters. The summed E-state index contributed by atoms with van der Waals surface area (Å²) in [5.41, 5.74) is 1.53. The third-order valence-electron chi connectivity index (χ3n) is 3.04. The molecule has 102 valence electrons. The smallest absolute Gasteiger partial charge is 0.265 e. The molecule has 0 aliphatic carbocycles. The molecule has 6 heteroatoms. The van der Waals surface area contributed by atoms with Crippen molar-refractivity contribution >= 4 is 38.3 Å². The topological polar surface area (TPSA) is 49.7 Å². The molecule has 0 N–H and O–H groups in total. The largest absolute Gasteiger partial charge is 0.271 e. The molecule has 1 aromatic rings. The first-order valence-corrected chi connectivity index (χ1v) is 8.04. The minimum absolute atomic E-state index is 0.0938. The highest BCUT2D eigenvalue weighted by atomic mass is 79.9. The SMILES string of the molecule is CCS(=O)c1ccc(C2=NN(C)C(=O)C2(C)Br)cc1. The van der Waals surface area contributed by atoms with E-state index in [1.165, 1.54) is 5.01 Å². The van der Waals surface area contributed by atoms with Crippen molar-refractivity contribution in [2.24, 2.45) is 5.10 Å². The highest BCUT2D eigenvalue weighted by Gasteiger charge is 2.44. The van der Waals surface area contributed by atoms with E-state index in [0.717, 1.165) is 10.5 Å². The van der Waals surface area contributed by atoms with Crippen LogP contribution in [0.2, 0.25) is 0 Å². The van der Waals surface area contributed by atoms with Gasteiger partial charge in [-0.05, 0) is 24.6 Å². The van der Waals surface area contributed by atoms with Gasteiger partial charge in [0.25, 0.3) is 5.91 Å². The van der Waals surface area contributed by atoms with Crippen molar-refractivity contribution in [3.63, 3.8) is 0 Å². The number of nitrogens with zero attached hydrogens (tertiary/aromatic N) is 2. The lowest BCUT2D eigenvalue weighted by Crippen LogP contribution is -2.37. The Morgan fingerprint density at radius 3 is 2.37 bits per heavy atom. The Hall–Kier alpha value is -1.01. The van der Waals surface area contributed by atoms with Crippen LogP contribution < -0.4 is 0 Å². The molecule has 1 aliphatic heterocycles. The van der Waals surface area contributed by atoms with Gasteiger partial charge in [-0.1, -0.05) is 35.0 Å². The molecule has 1 aromatic carbocycles. The lowest BCUT2D eigenvalue weighted by molar-refractivity contribution is -0.128. The quantitative estimate of drug-likeness (QED) is 0.790. The normalized spacial score (nSPS) is 24.5. The Labute approximate surface area is 123 Å². The van der Waals surface area contributed by atoms with Crippen molar-refractivity contribution in [1.82, 2.24) is 5.01 Å². The summed E-state index contributed by atoms with van der Waals surface area (Å²) >= 11 is 3.43. The minimum Gasteiger partial charge on any atom is -0.271 e. The molecular formula is C13H15BrN2O2S. The van der Waals surface area contributed by atoms with E-state index in [1.807, 2.05) is 31.2 Å². The van der Waals surface area contributed by atoms with Crippen LogP contribution in [0.5, 0.6) is 0 Å². The molecule has 0 spiro atoms. The number of halogens is 1. The van der Waals surface area contributed by atoms with Gasteiger partial charge in [0.2, 0.25) is 0 Å². The number of hydrazone groups is 1. The van der Waals surface area contributed by atoms with Gasteiger partial charge in [0.1, 0.15) is 4.32 Å². The summed E-state index contributed by atoms with van der Waals surface area (Å²) in [5.74, 6) is 0.501. The van der Waals surface area contributed by atoms with E-state index < -0.39 is 15.1 Å². The number of rotatable bonds is 3. The number of carbonyl (C=O) groups is 1. The summed E-state index contributed by atoms with van der Waals surface area (Å²) in [5, 5.41) is 5.60. The van der Waals surface area contributed by atoms with Crippen LogP contribution in [0.3, 0.4) is 0 Å². The fourth-order valence-electron chi connectivity index (χ4n) is 1.95. The molecule has 0 saturated heterocycles. The second-order valence-electron chi connectivity index (χ2n) is 4.44. The van der Waals surface area contributed by atoms with Crippen molar-refractivity contribution < 1.29 is 9.00 Å². The number of hydrogen-bond acceptors (Lipinski definition) is 3. The van der Waals surface area contributed by atoms with Crippen molar-refractivity contribution in [3.05, 3.63) is 29.8 Å². The Morgan fingerprint density at radius 2 is 1.95 bits per heavy atom. The van der Waals surface area contributed by atoms with Crippen LogP contribution in [0.4, 0.5) is 0 Å². The fourth-order valence-corrected chi connectivity index (χ4v) is 3.29. The molecule has 19 heavy (non-hydrogen) atoms. The predicted octanol–water partition coefficient (Wildman–Crippen LogP) is 2.14. The van der Waals surface area contributed by atoms with E-state index >= 15 is 0 Å². The first-order valence-electron chi connectivity index (χ1n) is 5.93. The van der Waals surface area contributed by atoms with Crippen molar-refractivity contribution in [2.45, 2.75) is 23.1 Å². The Balaban J connectivity index is 2.36. The zero-order valence-electron chi connectivity index (χ0n) is 11.0. The Morgan fingerprint density at radius 1 is 1.37 bits per heavy atom. The van der Waals surface area contributed by atoms with Gasteiger partial charge in [-0.25, -0.2) is 5.01 Å². The van der Waals surface area contributed by atoms with Gasteiger partial charge < -0.3 is 0 Å². The van der Waals surface area contributed by atoms with Gasteiger partial charge in [0, 0.05) is 17.7 Å². The average molecular weight is 343 g/mol. The second kappa shape index (κ2) is 5.17. The fraction of sp³-hybridized carbons (Fsp3) is 0.385. The summed E-state index contributed by atoms with van der Waals surface area (Å²) in [7, 11) is 0.672. The molecule has 0 radical (unpaired) electrons. The van der Waals surface area contributed by atoms with Gasteiger partial charge >= 0.3 is 0 Å². The zero-order chi connectivity index (χ0) is 14.2. The van der Waals surface area contributed by atoms with E-state index in [1.54, 1.807) is 14.0 Å². The van der Waals surface area contributed by atoms with Gasteiger partial charge in [-0.2, -0.15) is 5.10 Å². The maximum atomic E-state index is 11.9. The number of hydrogen-bond donors (Lipinski definition) is 0. The molecule has 2 rings (SSSR count). The minimum atomic E-state index is -0.962. The van der Waals surface area contributed by atoms with E-state index in [-0.39, 0.29) is 5.91 Å². The van der Waals surface area contributed by atoms with E-state index in [0.29, 0.717) is 11.5 Å². The third kappa shape index (κ3) is 2.51. The zero-order valence-corrected chi connectivity index (χ0v) is 13.4. The number of benzene rings is 1. The summed E-state index contributed by atoms with van der Waals surface area (Å²) in [6.45, 7) is 3.67.